The van der Waals surface area contributed by atoms with Gasteiger partial charge >= 0.3 is 0 Å². The van der Waals surface area contributed by atoms with Crippen LogP contribution in [0.5, 0.6) is 5.75 Å². The fourth-order valence-electron chi connectivity index (χ4n) is 4.27. The monoisotopic (exact) mass is 354 g/mol. The average molecular weight is 354 g/mol. The highest BCUT2D eigenvalue weighted by molar-refractivity contribution is 5.85. The highest BCUT2D eigenvalue weighted by Crippen LogP contribution is 2.41. The number of ether oxygens (including phenoxy) is 1. The molecule has 0 aliphatic carbocycles. The third-order valence-corrected chi connectivity index (χ3v) is 5.60. The van der Waals surface area contributed by atoms with Gasteiger partial charge in [-0.05, 0) is 47.9 Å². The lowest BCUT2D eigenvalue weighted by Gasteiger charge is -2.39. The Labute approximate surface area is 159 Å². The first-order valence-electron chi connectivity index (χ1n) is 9.39. The second-order valence-electron chi connectivity index (χ2n) is 7.03. The van der Waals surface area contributed by atoms with E-state index < -0.39 is 0 Å². The van der Waals surface area contributed by atoms with Gasteiger partial charge in [0, 0.05) is 34.9 Å². The van der Waals surface area contributed by atoms with Crippen LogP contribution in [0.3, 0.4) is 0 Å². The van der Waals surface area contributed by atoms with Crippen LogP contribution in [0.1, 0.15) is 22.7 Å². The predicted octanol–water partition coefficient (Wildman–Crippen LogP) is 5.33. The molecule has 0 fully saturated rings. The van der Waals surface area contributed by atoms with Crippen molar-refractivity contribution in [3.05, 3.63) is 95.7 Å². The van der Waals surface area contributed by atoms with E-state index in [1.165, 1.54) is 33.3 Å². The van der Waals surface area contributed by atoms with Gasteiger partial charge in [0.05, 0.1) is 13.2 Å². The van der Waals surface area contributed by atoms with Gasteiger partial charge in [0.15, 0.2) is 0 Å². The molecule has 1 aliphatic rings. The minimum absolute atomic E-state index is 0.194. The van der Waals surface area contributed by atoms with Gasteiger partial charge in [0.2, 0.25) is 0 Å². The number of para-hydroxylation sites is 1. The van der Waals surface area contributed by atoms with E-state index in [-0.39, 0.29) is 6.04 Å². The molecule has 1 unspecified atom stereocenters. The van der Waals surface area contributed by atoms with E-state index >= 15 is 0 Å². The Morgan fingerprint density at radius 1 is 0.889 bits per heavy atom. The van der Waals surface area contributed by atoms with Crippen molar-refractivity contribution in [3.8, 4) is 5.75 Å². The summed E-state index contributed by atoms with van der Waals surface area (Å²) in [6, 6.07) is 26.0. The lowest BCUT2D eigenvalue weighted by Crippen LogP contribution is -2.36. The number of aromatic amines is 1. The van der Waals surface area contributed by atoms with Crippen molar-refractivity contribution in [2.75, 3.05) is 18.6 Å². The normalized spacial score (nSPS) is 16.3. The molecule has 3 heteroatoms. The molecule has 3 nitrogen and oxygen atoms in total. The van der Waals surface area contributed by atoms with Crippen LogP contribution in [-0.4, -0.2) is 18.6 Å². The zero-order valence-electron chi connectivity index (χ0n) is 15.4. The van der Waals surface area contributed by atoms with Gasteiger partial charge in [-0.2, -0.15) is 0 Å². The molecule has 1 atom stereocenters. The number of nitrogens with zero attached hydrogens (tertiary/aromatic N) is 1. The van der Waals surface area contributed by atoms with Crippen molar-refractivity contribution in [1.82, 2.24) is 4.98 Å². The Kier molecular flexibility index (Phi) is 3.86. The van der Waals surface area contributed by atoms with Crippen molar-refractivity contribution < 1.29 is 4.74 Å². The standard InChI is InChI=1S/C24H22N2O/c1-27-19-12-10-18(11-13-19)26-15-14-17-6-2-3-7-20(17)24(26)22-16-25-23-9-5-4-8-21(22)23/h2-13,16,24-25H,14-15H2,1H3. The van der Waals surface area contributed by atoms with Crippen LogP contribution in [0.4, 0.5) is 5.69 Å². The van der Waals surface area contributed by atoms with Crippen molar-refractivity contribution in [1.29, 1.82) is 0 Å². The van der Waals surface area contributed by atoms with Gasteiger partial charge in [-0.1, -0.05) is 42.5 Å². The van der Waals surface area contributed by atoms with E-state index in [0.29, 0.717) is 0 Å². The predicted molar refractivity (Wildman–Crippen MR) is 111 cm³/mol. The molecule has 2 heterocycles. The first-order chi connectivity index (χ1) is 13.3. The molecule has 27 heavy (non-hydrogen) atoms. The summed E-state index contributed by atoms with van der Waals surface area (Å²) in [4.78, 5) is 5.97. The fourth-order valence-corrected chi connectivity index (χ4v) is 4.27. The molecular formula is C24H22N2O. The third-order valence-electron chi connectivity index (χ3n) is 5.60. The largest absolute Gasteiger partial charge is 0.497 e. The SMILES string of the molecule is COc1ccc(N2CCc3ccccc3C2c2c[nH]c3ccccc23)cc1. The van der Waals surface area contributed by atoms with Gasteiger partial charge in [0.1, 0.15) is 5.75 Å². The quantitative estimate of drug-likeness (QED) is 0.539. The van der Waals surface area contributed by atoms with Crippen molar-refractivity contribution in [2.45, 2.75) is 12.5 Å². The summed E-state index contributed by atoms with van der Waals surface area (Å²) in [5.41, 5.74) is 6.57. The Hall–Kier alpha value is -3.20. The summed E-state index contributed by atoms with van der Waals surface area (Å²) in [6.45, 7) is 0.994. The van der Waals surface area contributed by atoms with Crippen LogP contribution < -0.4 is 9.64 Å². The zero-order chi connectivity index (χ0) is 18.2. The molecule has 0 spiro atoms. The van der Waals surface area contributed by atoms with Crippen LogP contribution in [0.15, 0.2) is 79.0 Å². The van der Waals surface area contributed by atoms with Gasteiger partial charge in [-0.15, -0.1) is 0 Å². The van der Waals surface area contributed by atoms with E-state index in [0.717, 1.165) is 18.7 Å². The number of benzene rings is 3. The summed E-state index contributed by atoms with van der Waals surface area (Å²) >= 11 is 0. The molecule has 0 saturated heterocycles. The number of rotatable bonds is 3. The summed E-state index contributed by atoms with van der Waals surface area (Å²) in [7, 11) is 1.71. The molecule has 4 aromatic rings. The summed E-state index contributed by atoms with van der Waals surface area (Å²) < 4.78 is 5.35. The molecule has 0 bridgehead atoms. The molecule has 1 aromatic heterocycles. The smallest absolute Gasteiger partial charge is 0.119 e. The van der Waals surface area contributed by atoms with E-state index in [4.69, 9.17) is 4.74 Å². The second-order valence-corrected chi connectivity index (χ2v) is 7.03. The second kappa shape index (κ2) is 6.51. The van der Waals surface area contributed by atoms with Crippen molar-refractivity contribution >= 4 is 16.6 Å². The van der Waals surface area contributed by atoms with Crippen LogP contribution >= 0.6 is 0 Å². The minimum Gasteiger partial charge on any atom is -0.497 e. The molecule has 0 saturated carbocycles. The number of anilines is 1. The fraction of sp³-hybridized carbons (Fsp3) is 0.167. The number of H-pyrrole nitrogens is 1. The Bertz CT molecular complexity index is 1080. The maximum absolute atomic E-state index is 5.35. The topological polar surface area (TPSA) is 28.3 Å². The zero-order valence-corrected chi connectivity index (χ0v) is 15.4. The third kappa shape index (κ3) is 2.67. The highest BCUT2D eigenvalue weighted by Gasteiger charge is 2.30. The van der Waals surface area contributed by atoms with E-state index in [2.05, 4.69) is 76.7 Å². The number of hydrogen-bond donors (Lipinski definition) is 1. The summed E-state index contributed by atoms with van der Waals surface area (Å²) in [5, 5.41) is 1.29. The molecule has 0 radical (unpaired) electrons. The van der Waals surface area contributed by atoms with E-state index in [1.807, 2.05) is 12.1 Å². The first kappa shape index (κ1) is 16.0. The molecular weight excluding hydrogens is 332 g/mol. The molecule has 134 valence electrons. The van der Waals surface area contributed by atoms with Crippen LogP contribution in [-0.2, 0) is 6.42 Å². The maximum atomic E-state index is 5.35. The van der Waals surface area contributed by atoms with E-state index in [1.54, 1.807) is 7.11 Å². The van der Waals surface area contributed by atoms with Crippen molar-refractivity contribution in [2.24, 2.45) is 0 Å². The van der Waals surface area contributed by atoms with E-state index in [9.17, 15) is 0 Å². The van der Waals surface area contributed by atoms with Crippen molar-refractivity contribution in [3.63, 3.8) is 0 Å². The average Bonchev–Trinajstić information content (AvgIpc) is 3.17. The molecule has 5 rings (SSSR count). The number of fused-ring (bicyclic) bond motifs is 2. The minimum atomic E-state index is 0.194. The van der Waals surface area contributed by atoms with Gasteiger partial charge < -0.3 is 14.6 Å². The van der Waals surface area contributed by atoms with Crippen LogP contribution in [0.25, 0.3) is 10.9 Å². The lowest BCUT2D eigenvalue weighted by atomic mass is 9.87. The lowest BCUT2D eigenvalue weighted by molar-refractivity contribution is 0.415. The van der Waals surface area contributed by atoms with Gasteiger partial charge in [-0.3, -0.25) is 0 Å². The Morgan fingerprint density at radius 3 is 2.52 bits per heavy atom. The number of nitrogens with one attached hydrogen (secondary N) is 1. The van der Waals surface area contributed by atoms with Crippen LogP contribution in [0.2, 0.25) is 0 Å². The molecule has 1 aliphatic heterocycles. The summed E-state index contributed by atoms with van der Waals surface area (Å²) in [5.74, 6) is 0.889. The number of methoxy groups -OCH3 is 1. The first-order valence-corrected chi connectivity index (χ1v) is 9.39. The number of aromatic nitrogens is 1. The summed E-state index contributed by atoms with van der Waals surface area (Å²) in [6.07, 6.45) is 3.23. The number of hydrogen-bond acceptors (Lipinski definition) is 2. The molecule has 0 amide bonds. The highest BCUT2D eigenvalue weighted by atomic mass is 16.5. The van der Waals surface area contributed by atoms with Crippen LogP contribution in [0, 0.1) is 0 Å². The van der Waals surface area contributed by atoms with Gasteiger partial charge in [0.25, 0.3) is 0 Å². The Balaban J connectivity index is 1.68. The molecule has 1 N–H and O–H groups in total. The maximum Gasteiger partial charge on any atom is 0.119 e. The Morgan fingerprint density at radius 2 is 1.67 bits per heavy atom. The van der Waals surface area contributed by atoms with Gasteiger partial charge in [-0.25, -0.2) is 0 Å². The molecule has 3 aromatic carbocycles.